The first-order chi connectivity index (χ1) is 19.4. The number of hydrogen-bond donors (Lipinski definition) is 1. The van der Waals surface area contributed by atoms with Crippen LogP contribution < -0.4 is 10.2 Å². The van der Waals surface area contributed by atoms with Crippen LogP contribution in [0.25, 0.3) is 5.65 Å². The van der Waals surface area contributed by atoms with Crippen LogP contribution in [0.1, 0.15) is 12.8 Å². The summed E-state index contributed by atoms with van der Waals surface area (Å²) in [5.74, 6) is 0.498. The van der Waals surface area contributed by atoms with Crippen LogP contribution in [0.5, 0.6) is 0 Å². The van der Waals surface area contributed by atoms with E-state index in [1.54, 1.807) is 26.5 Å². The third kappa shape index (κ3) is 4.59. The first-order valence-electron chi connectivity index (χ1n) is 14.0. The second-order valence-corrected chi connectivity index (χ2v) is 11.3. The van der Waals surface area contributed by atoms with E-state index in [0.29, 0.717) is 24.7 Å². The highest BCUT2D eigenvalue weighted by Crippen LogP contribution is 2.35. The van der Waals surface area contributed by atoms with Crippen LogP contribution in [0.4, 0.5) is 26.5 Å². The van der Waals surface area contributed by atoms with Crippen molar-refractivity contribution in [2.45, 2.75) is 37.6 Å². The van der Waals surface area contributed by atoms with E-state index in [9.17, 15) is 14.0 Å². The van der Waals surface area contributed by atoms with Gasteiger partial charge in [-0.15, -0.1) is 5.10 Å². The largest absolute Gasteiger partial charge is 0.364 e. The van der Waals surface area contributed by atoms with E-state index in [4.69, 9.17) is 4.98 Å². The molecule has 7 rings (SSSR count). The van der Waals surface area contributed by atoms with Crippen molar-refractivity contribution in [3.63, 3.8) is 0 Å². The van der Waals surface area contributed by atoms with Gasteiger partial charge >= 0.3 is 6.03 Å². The monoisotopic (exact) mass is 551 g/mol. The first kappa shape index (κ1) is 25.1. The van der Waals surface area contributed by atoms with Gasteiger partial charge in [-0.1, -0.05) is 0 Å². The summed E-state index contributed by atoms with van der Waals surface area (Å²) in [5.41, 5.74) is 2.40. The van der Waals surface area contributed by atoms with Crippen molar-refractivity contribution in [1.82, 2.24) is 44.0 Å². The molecule has 4 aliphatic rings. The molecular weight excluding hydrogens is 517 g/mol. The zero-order chi connectivity index (χ0) is 27.4. The minimum atomic E-state index is -0.893. The van der Waals surface area contributed by atoms with Crippen LogP contribution in [0.2, 0.25) is 0 Å². The van der Waals surface area contributed by atoms with Crippen molar-refractivity contribution in [3.05, 3.63) is 30.7 Å². The van der Waals surface area contributed by atoms with Crippen LogP contribution in [0.15, 0.2) is 30.7 Å². The van der Waals surface area contributed by atoms with Gasteiger partial charge in [-0.25, -0.2) is 13.7 Å². The minimum Gasteiger partial charge on any atom is -0.364 e. The average Bonchev–Trinajstić information content (AvgIpc) is 3.62. The predicted octanol–water partition coefficient (Wildman–Crippen LogP) is 0.870. The Hall–Kier alpha value is -3.94. The van der Waals surface area contributed by atoms with E-state index in [1.165, 1.54) is 0 Å². The summed E-state index contributed by atoms with van der Waals surface area (Å²) in [6.07, 6.45) is 6.32. The molecule has 4 saturated heterocycles. The molecule has 2 unspecified atom stereocenters. The van der Waals surface area contributed by atoms with E-state index >= 15 is 0 Å². The van der Waals surface area contributed by atoms with Gasteiger partial charge in [0.15, 0.2) is 5.65 Å². The van der Waals surface area contributed by atoms with Crippen LogP contribution in [-0.4, -0.2) is 134 Å². The molecule has 7 heterocycles. The number of likely N-dealkylation sites (tertiary alicyclic amines) is 1. The molecular formula is C26H34FN11O2. The van der Waals surface area contributed by atoms with Crippen molar-refractivity contribution in [2.75, 3.05) is 69.6 Å². The molecule has 3 aromatic rings. The Labute approximate surface area is 231 Å². The summed E-state index contributed by atoms with van der Waals surface area (Å²) in [7, 11) is 2.06. The topological polar surface area (TPSA) is 110 Å². The lowest BCUT2D eigenvalue weighted by atomic mass is 10.1. The number of carbonyl (C=O) groups excluding carboxylic acids is 2. The third-order valence-electron chi connectivity index (χ3n) is 8.54. The van der Waals surface area contributed by atoms with Gasteiger partial charge in [0.1, 0.15) is 12.7 Å². The molecule has 3 amide bonds. The predicted molar refractivity (Wildman–Crippen MR) is 145 cm³/mol. The Balaban J connectivity index is 1.02. The lowest BCUT2D eigenvalue weighted by Crippen LogP contribution is -2.63. The van der Waals surface area contributed by atoms with Gasteiger partial charge in [0.25, 0.3) is 0 Å². The van der Waals surface area contributed by atoms with Crippen LogP contribution in [0.3, 0.4) is 0 Å². The molecule has 0 aromatic carbocycles. The minimum absolute atomic E-state index is 0.0287. The fourth-order valence-corrected chi connectivity index (χ4v) is 6.29. The van der Waals surface area contributed by atoms with E-state index < -0.39 is 6.17 Å². The smallest absolute Gasteiger partial charge is 0.320 e. The summed E-state index contributed by atoms with van der Waals surface area (Å²) < 4.78 is 16.7. The highest BCUT2D eigenvalue weighted by atomic mass is 19.1. The SMILES string of the molecule is CN1CCN(C(=O)Cn2cc(Nc3nc4c(N5CC6CCC(C5)N6C(=O)N5CC(F)C5)cccn4n3)cn2)CC1. The first-order valence-corrected chi connectivity index (χ1v) is 14.0. The molecule has 2 atom stereocenters. The number of fused-ring (bicyclic) bond motifs is 3. The van der Waals surface area contributed by atoms with Crippen molar-refractivity contribution in [1.29, 1.82) is 0 Å². The van der Waals surface area contributed by atoms with Gasteiger partial charge in [0, 0.05) is 51.7 Å². The number of aromatic nitrogens is 5. The Kier molecular flexibility index (Phi) is 6.21. The van der Waals surface area contributed by atoms with Gasteiger partial charge in [-0.2, -0.15) is 10.1 Å². The highest BCUT2D eigenvalue weighted by Gasteiger charge is 2.46. The molecule has 0 spiro atoms. The summed E-state index contributed by atoms with van der Waals surface area (Å²) in [6, 6.07) is 4.16. The molecule has 13 nitrogen and oxygen atoms in total. The van der Waals surface area contributed by atoms with Gasteiger partial charge in [0.2, 0.25) is 11.9 Å². The molecule has 4 aliphatic heterocycles. The van der Waals surface area contributed by atoms with Crippen LogP contribution in [-0.2, 0) is 11.3 Å². The number of carbonyl (C=O) groups is 2. The number of rotatable bonds is 5. The fourth-order valence-electron chi connectivity index (χ4n) is 6.29. The average molecular weight is 552 g/mol. The van der Waals surface area contributed by atoms with E-state index in [2.05, 4.69) is 32.4 Å². The molecule has 4 fully saturated rings. The molecule has 0 aliphatic carbocycles. The number of halogens is 1. The molecule has 3 aromatic heterocycles. The highest BCUT2D eigenvalue weighted by molar-refractivity contribution is 5.78. The maximum absolute atomic E-state index is 13.3. The third-order valence-corrected chi connectivity index (χ3v) is 8.54. The van der Waals surface area contributed by atoms with Gasteiger partial charge in [0.05, 0.1) is 42.7 Å². The second-order valence-electron chi connectivity index (χ2n) is 11.3. The summed E-state index contributed by atoms with van der Waals surface area (Å²) in [5, 5.41) is 12.2. The molecule has 212 valence electrons. The molecule has 2 bridgehead atoms. The van der Waals surface area contributed by atoms with Gasteiger partial charge < -0.3 is 29.8 Å². The summed E-state index contributed by atoms with van der Waals surface area (Å²) >= 11 is 0. The van der Waals surface area contributed by atoms with Crippen LogP contribution in [0, 0.1) is 0 Å². The molecule has 14 heteroatoms. The lowest BCUT2D eigenvalue weighted by molar-refractivity contribution is -0.133. The number of hydrogen-bond acceptors (Lipinski definition) is 8. The zero-order valence-corrected chi connectivity index (χ0v) is 22.6. The molecule has 1 N–H and O–H groups in total. The number of urea groups is 1. The maximum Gasteiger partial charge on any atom is 0.320 e. The number of pyridine rings is 1. The van der Waals surface area contributed by atoms with Crippen LogP contribution >= 0.6 is 0 Å². The van der Waals surface area contributed by atoms with Crippen molar-refractivity contribution < 1.29 is 14.0 Å². The maximum atomic E-state index is 13.3. The summed E-state index contributed by atoms with van der Waals surface area (Å²) in [4.78, 5) is 40.4. The van der Waals surface area contributed by atoms with Crippen molar-refractivity contribution in [2.24, 2.45) is 0 Å². The Morgan fingerprint density at radius 3 is 2.52 bits per heavy atom. The number of nitrogens with zero attached hydrogens (tertiary/aromatic N) is 10. The number of piperazine rings is 2. The van der Waals surface area contributed by atoms with E-state index in [1.807, 2.05) is 28.1 Å². The molecule has 0 saturated carbocycles. The molecule has 40 heavy (non-hydrogen) atoms. The summed E-state index contributed by atoms with van der Waals surface area (Å²) in [6.45, 7) is 5.26. The van der Waals surface area contributed by atoms with Crippen molar-refractivity contribution >= 4 is 34.9 Å². The van der Waals surface area contributed by atoms with E-state index in [0.717, 1.165) is 50.4 Å². The Bertz CT molecular complexity index is 1400. The standard InChI is InChI=1S/C26H34FN11O2/c1-32-7-9-33(10-8-32)23(39)17-36-14-19(11-28-36)29-25-30-24-22(3-2-6-37(24)31-25)34-15-20-4-5-21(16-34)38(20)26(40)35-12-18(27)13-35/h2-3,6,11,14,18,20-21H,4-5,7-10,12-13,15-17H2,1H3,(H,29,31). The number of anilines is 3. The zero-order valence-electron chi connectivity index (χ0n) is 22.6. The number of alkyl halides is 1. The van der Waals surface area contributed by atoms with Gasteiger partial charge in [-0.05, 0) is 32.0 Å². The lowest BCUT2D eigenvalue weighted by Gasteiger charge is -2.46. The van der Waals surface area contributed by atoms with Gasteiger partial charge in [-0.3, -0.25) is 9.48 Å². The normalized spacial score (nSPS) is 23.6. The number of likely N-dealkylation sites (N-methyl/N-ethyl adjacent to an activating group) is 1. The van der Waals surface area contributed by atoms with Crippen molar-refractivity contribution in [3.8, 4) is 0 Å². The Morgan fingerprint density at radius 2 is 1.80 bits per heavy atom. The van der Waals surface area contributed by atoms with E-state index in [-0.39, 0.29) is 43.7 Å². The fraction of sp³-hybridized carbons (Fsp3) is 0.577. The quantitative estimate of drug-likeness (QED) is 0.498. The number of nitrogens with one attached hydrogen (secondary N) is 1. The molecule has 0 radical (unpaired) electrons. The Morgan fingerprint density at radius 1 is 1.05 bits per heavy atom. The number of amides is 3. The second kappa shape index (κ2) is 9.91.